The Morgan fingerprint density at radius 3 is 2.79 bits per heavy atom. The van der Waals surface area contributed by atoms with Gasteiger partial charge in [0.05, 0.1) is 6.10 Å². The molecule has 1 aromatic rings. The van der Waals surface area contributed by atoms with E-state index in [0.29, 0.717) is 17.2 Å². The highest BCUT2D eigenvalue weighted by Gasteiger charge is 2.23. The van der Waals surface area contributed by atoms with Crippen LogP contribution in [0.2, 0.25) is 10.0 Å². The van der Waals surface area contributed by atoms with E-state index in [1.807, 2.05) is 12.1 Å². The molecular formula is C15H21Cl2NO. The average Bonchev–Trinajstić information content (AvgIpc) is 2.42. The zero-order valence-corrected chi connectivity index (χ0v) is 12.8. The summed E-state index contributed by atoms with van der Waals surface area (Å²) in [6.45, 7) is 0.922. The average molecular weight is 302 g/mol. The molecule has 0 amide bonds. The zero-order chi connectivity index (χ0) is 13.7. The van der Waals surface area contributed by atoms with E-state index in [4.69, 9.17) is 27.9 Å². The topological polar surface area (TPSA) is 21.3 Å². The van der Waals surface area contributed by atoms with Crippen molar-refractivity contribution in [2.24, 2.45) is 0 Å². The Morgan fingerprint density at radius 2 is 2.05 bits per heavy atom. The summed E-state index contributed by atoms with van der Waals surface area (Å²) in [6, 6.07) is 6.17. The van der Waals surface area contributed by atoms with E-state index in [1.54, 1.807) is 13.2 Å². The molecule has 0 bridgehead atoms. The lowest BCUT2D eigenvalue weighted by Crippen LogP contribution is -2.43. The van der Waals surface area contributed by atoms with Crippen LogP contribution in [0, 0.1) is 0 Å². The third kappa shape index (κ3) is 4.35. The van der Waals surface area contributed by atoms with Crippen molar-refractivity contribution in [2.45, 2.75) is 44.2 Å². The minimum absolute atomic E-state index is 0.356. The summed E-state index contributed by atoms with van der Waals surface area (Å²) in [5.74, 6) is 0. The third-order valence-electron chi connectivity index (χ3n) is 3.82. The number of methoxy groups -OCH3 is 1. The van der Waals surface area contributed by atoms with E-state index >= 15 is 0 Å². The van der Waals surface area contributed by atoms with E-state index in [1.165, 1.54) is 19.3 Å². The van der Waals surface area contributed by atoms with Gasteiger partial charge in [-0.25, -0.2) is 0 Å². The van der Waals surface area contributed by atoms with E-state index in [-0.39, 0.29) is 0 Å². The summed E-state index contributed by atoms with van der Waals surface area (Å²) in [4.78, 5) is 0. The van der Waals surface area contributed by atoms with Gasteiger partial charge in [0.15, 0.2) is 0 Å². The lowest BCUT2D eigenvalue weighted by Gasteiger charge is -2.31. The molecule has 0 unspecified atom stereocenters. The van der Waals surface area contributed by atoms with Crippen molar-refractivity contribution in [3.8, 4) is 0 Å². The predicted molar refractivity (Wildman–Crippen MR) is 81.2 cm³/mol. The van der Waals surface area contributed by atoms with Crippen molar-refractivity contribution < 1.29 is 4.74 Å². The van der Waals surface area contributed by atoms with Gasteiger partial charge in [-0.15, -0.1) is 0 Å². The molecule has 1 fully saturated rings. The summed E-state index contributed by atoms with van der Waals surface area (Å²) in [6.07, 6.45) is 6.21. The molecule has 2 atom stereocenters. The highest BCUT2D eigenvalue weighted by Crippen LogP contribution is 2.22. The van der Waals surface area contributed by atoms with Gasteiger partial charge < -0.3 is 10.1 Å². The molecule has 1 N–H and O–H groups in total. The largest absolute Gasteiger partial charge is 0.380 e. The molecule has 0 aromatic heterocycles. The summed E-state index contributed by atoms with van der Waals surface area (Å²) in [5.41, 5.74) is 1.14. The molecule has 1 aliphatic carbocycles. The van der Waals surface area contributed by atoms with Crippen molar-refractivity contribution in [1.29, 1.82) is 0 Å². The fraction of sp³-hybridized carbons (Fsp3) is 0.600. The van der Waals surface area contributed by atoms with Crippen molar-refractivity contribution in [2.75, 3.05) is 13.7 Å². The fourth-order valence-corrected chi connectivity index (χ4v) is 3.23. The zero-order valence-electron chi connectivity index (χ0n) is 11.3. The van der Waals surface area contributed by atoms with E-state index < -0.39 is 0 Å². The number of nitrogens with one attached hydrogen (secondary N) is 1. The molecule has 1 aromatic carbocycles. The molecular weight excluding hydrogens is 281 g/mol. The predicted octanol–water partition coefficient (Wildman–Crippen LogP) is 4.08. The van der Waals surface area contributed by atoms with E-state index in [9.17, 15) is 0 Å². The fourth-order valence-electron chi connectivity index (χ4n) is 2.73. The van der Waals surface area contributed by atoms with Crippen LogP contribution in [-0.2, 0) is 11.2 Å². The monoisotopic (exact) mass is 301 g/mol. The van der Waals surface area contributed by atoms with Crippen LogP contribution >= 0.6 is 23.2 Å². The van der Waals surface area contributed by atoms with Crippen LogP contribution in [0.25, 0.3) is 0 Å². The maximum Gasteiger partial charge on any atom is 0.0724 e. The first-order chi connectivity index (χ1) is 9.20. The summed E-state index contributed by atoms with van der Waals surface area (Å²) in [7, 11) is 1.81. The molecule has 0 saturated heterocycles. The number of benzene rings is 1. The van der Waals surface area contributed by atoms with Crippen molar-refractivity contribution in [3.63, 3.8) is 0 Å². The van der Waals surface area contributed by atoms with Crippen LogP contribution in [0.15, 0.2) is 18.2 Å². The third-order valence-corrected chi connectivity index (χ3v) is 4.41. The van der Waals surface area contributed by atoms with Gasteiger partial charge in [0.2, 0.25) is 0 Å². The van der Waals surface area contributed by atoms with Crippen LogP contribution in [0.5, 0.6) is 0 Å². The standard InChI is InChI=1S/C15H21Cl2NO/c1-19-15-5-3-2-4-14(15)18-9-8-11-6-7-12(16)10-13(11)17/h6-7,10,14-15,18H,2-5,8-9H2,1H3/t14-,15+/m1/s1. The Hall–Kier alpha value is -0.280. The Kier molecular flexibility index (Phi) is 5.96. The van der Waals surface area contributed by atoms with Crippen LogP contribution < -0.4 is 5.32 Å². The molecule has 2 rings (SSSR count). The number of halogens is 2. The number of hydrogen-bond donors (Lipinski definition) is 1. The Balaban J connectivity index is 1.82. The normalized spacial score (nSPS) is 23.5. The molecule has 1 saturated carbocycles. The highest BCUT2D eigenvalue weighted by atomic mass is 35.5. The van der Waals surface area contributed by atoms with Gasteiger partial charge in [0.25, 0.3) is 0 Å². The van der Waals surface area contributed by atoms with Gasteiger partial charge in [-0.3, -0.25) is 0 Å². The first-order valence-electron chi connectivity index (χ1n) is 6.91. The molecule has 0 heterocycles. The van der Waals surface area contributed by atoms with Crippen LogP contribution in [0.1, 0.15) is 31.2 Å². The molecule has 0 radical (unpaired) electrons. The summed E-state index contributed by atoms with van der Waals surface area (Å²) in [5, 5.41) is 5.04. The van der Waals surface area contributed by atoms with E-state index in [0.717, 1.165) is 30.0 Å². The van der Waals surface area contributed by atoms with Gasteiger partial charge in [-0.1, -0.05) is 42.1 Å². The molecule has 4 heteroatoms. The molecule has 106 valence electrons. The minimum Gasteiger partial charge on any atom is -0.380 e. The quantitative estimate of drug-likeness (QED) is 0.885. The molecule has 0 spiro atoms. The summed E-state index contributed by atoms with van der Waals surface area (Å²) < 4.78 is 5.54. The second-order valence-corrected chi connectivity index (χ2v) is 5.95. The van der Waals surface area contributed by atoms with Crippen LogP contribution in [-0.4, -0.2) is 25.8 Å². The van der Waals surface area contributed by atoms with Crippen molar-refractivity contribution in [3.05, 3.63) is 33.8 Å². The maximum atomic E-state index is 6.17. The first-order valence-corrected chi connectivity index (χ1v) is 7.66. The van der Waals surface area contributed by atoms with Gasteiger partial charge in [0, 0.05) is 23.2 Å². The Bertz CT molecular complexity index is 411. The number of hydrogen-bond acceptors (Lipinski definition) is 2. The molecule has 1 aliphatic rings. The highest BCUT2D eigenvalue weighted by molar-refractivity contribution is 6.35. The Labute approximate surface area is 125 Å². The lowest BCUT2D eigenvalue weighted by atomic mass is 9.92. The van der Waals surface area contributed by atoms with Gasteiger partial charge in [-0.2, -0.15) is 0 Å². The lowest BCUT2D eigenvalue weighted by molar-refractivity contribution is 0.0421. The summed E-state index contributed by atoms with van der Waals surface area (Å²) >= 11 is 12.1. The van der Waals surface area contributed by atoms with Crippen molar-refractivity contribution in [1.82, 2.24) is 5.32 Å². The second kappa shape index (κ2) is 7.49. The second-order valence-electron chi connectivity index (χ2n) is 5.10. The number of ether oxygens (including phenoxy) is 1. The van der Waals surface area contributed by atoms with Gasteiger partial charge in [-0.05, 0) is 43.5 Å². The van der Waals surface area contributed by atoms with Gasteiger partial charge in [0.1, 0.15) is 0 Å². The smallest absolute Gasteiger partial charge is 0.0724 e. The maximum absolute atomic E-state index is 6.17. The van der Waals surface area contributed by atoms with E-state index in [2.05, 4.69) is 5.32 Å². The number of rotatable bonds is 5. The molecule has 2 nitrogen and oxygen atoms in total. The van der Waals surface area contributed by atoms with Gasteiger partial charge >= 0.3 is 0 Å². The SMILES string of the molecule is CO[C@H]1CCCC[C@H]1NCCc1ccc(Cl)cc1Cl. The first kappa shape index (κ1) is 15.1. The molecule has 19 heavy (non-hydrogen) atoms. The van der Waals surface area contributed by atoms with Crippen LogP contribution in [0.3, 0.4) is 0 Å². The van der Waals surface area contributed by atoms with Crippen molar-refractivity contribution >= 4 is 23.2 Å². The van der Waals surface area contributed by atoms with Crippen LogP contribution in [0.4, 0.5) is 0 Å². The minimum atomic E-state index is 0.356. The molecule has 0 aliphatic heterocycles. The Morgan fingerprint density at radius 1 is 1.26 bits per heavy atom.